The van der Waals surface area contributed by atoms with Crippen LogP contribution >= 0.6 is 0 Å². The van der Waals surface area contributed by atoms with Crippen LogP contribution < -0.4 is 0 Å². The lowest BCUT2D eigenvalue weighted by molar-refractivity contribution is -0.142. The van der Waals surface area contributed by atoms with Crippen LogP contribution in [0.2, 0.25) is 0 Å². The van der Waals surface area contributed by atoms with Crippen LogP contribution in [0.3, 0.4) is 0 Å². The van der Waals surface area contributed by atoms with Gasteiger partial charge in [-0.1, -0.05) is 18.7 Å². The van der Waals surface area contributed by atoms with Gasteiger partial charge in [-0.15, -0.1) is 0 Å². The molecule has 2 aliphatic rings. The van der Waals surface area contributed by atoms with E-state index in [1.54, 1.807) is 0 Å². The molecule has 0 spiro atoms. The molecule has 0 aromatic carbocycles. The van der Waals surface area contributed by atoms with Gasteiger partial charge in [0.1, 0.15) is 6.10 Å². The van der Waals surface area contributed by atoms with Crippen LogP contribution in [-0.2, 0) is 14.3 Å². The quantitative estimate of drug-likeness (QED) is 0.418. The number of ether oxygens (including phenoxy) is 1. The van der Waals surface area contributed by atoms with E-state index in [4.69, 9.17) is 4.74 Å². The molecule has 1 atom stereocenters. The van der Waals surface area contributed by atoms with E-state index in [0.29, 0.717) is 0 Å². The van der Waals surface area contributed by atoms with E-state index >= 15 is 0 Å². The van der Waals surface area contributed by atoms with Crippen LogP contribution in [-0.4, -0.2) is 17.9 Å². The number of rotatable bonds is 6. The first-order valence-corrected chi connectivity index (χ1v) is 6.95. The summed E-state index contributed by atoms with van der Waals surface area (Å²) in [7, 11) is 0. The van der Waals surface area contributed by atoms with Crippen molar-refractivity contribution in [1.82, 2.24) is 0 Å². The highest BCUT2D eigenvalue weighted by atomic mass is 16.5. The highest BCUT2D eigenvalue weighted by Gasteiger charge is 2.25. The summed E-state index contributed by atoms with van der Waals surface area (Å²) in [6.07, 6.45) is 11.0. The molecule has 2 rings (SSSR count). The topological polar surface area (TPSA) is 43.4 Å². The number of esters is 1. The van der Waals surface area contributed by atoms with Crippen LogP contribution in [0.25, 0.3) is 0 Å². The number of carbonyl (C=O) groups excluding carboxylic acids is 2. The Morgan fingerprint density at radius 2 is 2.00 bits per heavy atom. The molecule has 0 amide bonds. The van der Waals surface area contributed by atoms with Crippen molar-refractivity contribution >= 4 is 11.8 Å². The van der Waals surface area contributed by atoms with Crippen LogP contribution in [0, 0.1) is 0 Å². The van der Waals surface area contributed by atoms with Gasteiger partial charge in [0.15, 0.2) is 5.78 Å². The summed E-state index contributed by atoms with van der Waals surface area (Å²) in [6, 6.07) is 0. The predicted molar refractivity (Wildman–Crippen MR) is 73.6 cm³/mol. The van der Waals surface area contributed by atoms with Crippen molar-refractivity contribution in [2.45, 2.75) is 51.0 Å². The van der Waals surface area contributed by atoms with E-state index in [2.05, 4.69) is 12.7 Å². The minimum Gasteiger partial charge on any atom is -0.454 e. The fraction of sp³-hybridized carbons (Fsp3) is 0.500. The molecule has 2 aliphatic carbocycles. The molecule has 0 aliphatic heterocycles. The summed E-state index contributed by atoms with van der Waals surface area (Å²) in [4.78, 5) is 23.6. The molecule has 0 aromatic rings. The smallest absolute Gasteiger partial charge is 0.330 e. The minimum absolute atomic E-state index is 0.118. The molecule has 3 nitrogen and oxygen atoms in total. The molecule has 0 heterocycles. The number of allylic oxidation sites excluding steroid dienone is 3. The zero-order valence-electron chi connectivity index (χ0n) is 11.2. The first kappa shape index (κ1) is 13.8. The molecule has 0 radical (unpaired) electrons. The maximum absolute atomic E-state index is 12.2. The normalized spacial score (nSPS) is 19.6. The second kappa shape index (κ2) is 6.50. The monoisotopic (exact) mass is 260 g/mol. The first-order chi connectivity index (χ1) is 9.20. The number of hydrogen-bond donors (Lipinski definition) is 0. The van der Waals surface area contributed by atoms with E-state index in [0.717, 1.165) is 55.7 Å². The Morgan fingerprint density at radius 1 is 1.26 bits per heavy atom. The number of carbonyl (C=O) groups is 2. The van der Waals surface area contributed by atoms with Crippen molar-refractivity contribution in [2.24, 2.45) is 0 Å². The molecular formula is C16H20O3. The molecule has 1 unspecified atom stereocenters. The summed E-state index contributed by atoms with van der Waals surface area (Å²) in [6.45, 7) is 3.41. The minimum atomic E-state index is -0.453. The SMILES string of the molecule is C=CC(=O)OC(CC(=O)C1=CCCC1)C1=CCCC1. The van der Waals surface area contributed by atoms with Gasteiger partial charge < -0.3 is 4.74 Å². The lowest BCUT2D eigenvalue weighted by Crippen LogP contribution is -2.23. The van der Waals surface area contributed by atoms with Crippen molar-refractivity contribution < 1.29 is 14.3 Å². The third kappa shape index (κ3) is 3.66. The summed E-state index contributed by atoms with van der Waals surface area (Å²) in [5.74, 6) is -0.335. The number of ketones is 1. The molecule has 19 heavy (non-hydrogen) atoms. The standard InChI is InChI=1S/C16H20O3/c1-2-16(18)19-15(13-9-5-6-10-13)11-14(17)12-7-3-4-8-12/h2,7,9,15H,1,3-6,8,10-11H2. The Morgan fingerprint density at radius 3 is 2.58 bits per heavy atom. The Bertz CT molecular complexity index is 443. The van der Waals surface area contributed by atoms with Crippen LogP contribution in [0.15, 0.2) is 36.0 Å². The Labute approximate surface area is 114 Å². The van der Waals surface area contributed by atoms with Gasteiger partial charge in [0, 0.05) is 6.08 Å². The molecule has 0 bridgehead atoms. The average Bonchev–Trinajstić information content (AvgIpc) is 3.10. The summed E-state index contributed by atoms with van der Waals surface area (Å²) >= 11 is 0. The lowest BCUT2D eigenvalue weighted by Gasteiger charge is -2.18. The number of hydrogen-bond acceptors (Lipinski definition) is 3. The van der Waals surface area contributed by atoms with Crippen LogP contribution in [0.5, 0.6) is 0 Å². The highest BCUT2D eigenvalue weighted by Crippen LogP contribution is 2.27. The van der Waals surface area contributed by atoms with Crippen LogP contribution in [0.4, 0.5) is 0 Å². The van der Waals surface area contributed by atoms with Crippen molar-refractivity contribution in [3.63, 3.8) is 0 Å². The van der Waals surface area contributed by atoms with Gasteiger partial charge in [0.25, 0.3) is 0 Å². The van der Waals surface area contributed by atoms with Gasteiger partial charge >= 0.3 is 5.97 Å². The third-order valence-electron chi connectivity index (χ3n) is 3.68. The largest absolute Gasteiger partial charge is 0.454 e. The zero-order chi connectivity index (χ0) is 13.7. The second-order valence-electron chi connectivity index (χ2n) is 5.05. The summed E-state index contributed by atoms with van der Waals surface area (Å²) in [5.41, 5.74) is 1.99. The Balaban J connectivity index is 2.02. The molecule has 0 saturated carbocycles. The average molecular weight is 260 g/mol. The summed E-state index contributed by atoms with van der Waals surface area (Å²) < 4.78 is 5.34. The van der Waals surface area contributed by atoms with Crippen molar-refractivity contribution in [1.29, 1.82) is 0 Å². The predicted octanol–water partition coefficient (Wildman–Crippen LogP) is 3.26. The van der Waals surface area contributed by atoms with E-state index in [1.165, 1.54) is 0 Å². The first-order valence-electron chi connectivity index (χ1n) is 6.95. The molecule has 102 valence electrons. The van der Waals surface area contributed by atoms with Gasteiger partial charge in [-0.05, 0) is 49.7 Å². The third-order valence-corrected chi connectivity index (χ3v) is 3.68. The zero-order valence-corrected chi connectivity index (χ0v) is 11.2. The number of Topliss-reactive ketones (excluding diaryl/α,β-unsaturated/α-hetero) is 1. The van der Waals surface area contributed by atoms with Gasteiger partial charge in [-0.2, -0.15) is 0 Å². The lowest BCUT2D eigenvalue weighted by atomic mass is 9.99. The second-order valence-corrected chi connectivity index (χ2v) is 5.05. The summed E-state index contributed by atoms with van der Waals surface area (Å²) in [5, 5.41) is 0. The van der Waals surface area contributed by atoms with Crippen molar-refractivity contribution in [2.75, 3.05) is 0 Å². The molecule has 0 fully saturated rings. The molecular weight excluding hydrogens is 240 g/mol. The maximum atomic E-state index is 12.2. The Kier molecular flexibility index (Phi) is 4.72. The Hall–Kier alpha value is -1.64. The van der Waals surface area contributed by atoms with Gasteiger partial charge in [0.05, 0.1) is 6.42 Å². The fourth-order valence-corrected chi connectivity index (χ4v) is 2.65. The fourth-order valence-electron chi connectivity index (χ4n) is 2.65. The van der Waals surface area contributed by atoms with E-state index in [1.807, 2.05) is 6.08 Å². The van der Waals surface area contributed by atoms with Gasteiger partial charge in [0.2, 0.25) is 0 Å². The van der Waals surface area contributed by atoms with E-state index in [-0.39, 0.29) is 12.2 Å². The van der Waals surface area contributed by atoms with Gasteiger partial charge in [-0.25, -0.2) is 4.79 Å². The van der Waals surface area contributed by atoms with Gasteiger partial charge in [-0.3, -0.25) is 4.79 Å². The van der Waals surface area contributed by atoms with Crippen molar-refractivity contribution in [3.05, 3.63) is 36.0 Å². The molecule has 0 saturated heterocycles. The van der Waals surface area contributed by atoms with Crippen molar-refractivity contribution in [3.8, 4) is 0 Å². The molecule has 0 N–H and O–H groups in total. The van der Waals surface area contributed by atoms with E-state index in [9.17, 15) is 9.59 Å². The maximum Gasteiger partial charge on any atom is 0.330 e. The molecule has 0 aromatic heterocycles. The van der Waals surface area contributed by atoms with E-state index < -0.39 is 12.1 Å². The highest BCUT2D eigenvalue weighted by molar-refractivity contribution is 5.96. The van der Waals surface area contributed by atoms with Crippen LogP contribution in [0.1, 0.15) is 44.9 Å². The molecule has 3 heteroatoms.